The molecule has 73 heavy (non-hydrogen) atoms. The third-order valence-electron chi connectivity index (χ3n) is 13.1. The van der Waals surface area contributed by atoms with Crippen molar-refractivity contribution < 1.29 is 46.6 Å². The van der Waals surface area contributed by atoms with Crippen LogP contribution in [0, 0.1) is 23.4 Å². The summed E-state index contributed by atoms with van der Waals surface area (Å²) < 4.78 is 59.2. The van der Waals surface area contributed by atoms with Crippen molar-refractivity contribution in [3.63, 3.8) is 0 Å². The molecule has 2 heterocycles. The fraction of sp³-hybridized carbons (Fsp3) is 0.396. The minimum atomic E-state index is -1.52. The molecule has 0 radical (unpaired) electrons. The quantitative estimate of drug-likeness (QED) is 0.116. The first-order valence-corrected chi connectivity index (χ1v) is 24.4. The molecule has 5 aromatic rings. The molecule has 1 aliphatic rings. The summed E-state index contributed by atoms with van der Waals surface area (Å²) in [6.45, 7) is 2.96. The maximum atomic E-state index is 15.4. The standard InChI is InChI=1S/C53H61Cl2F3N8O7/c1-31-26-60-48(67)25-39(21-33-9-14-37(54)15-10-33)64(6)53(71)44(30-72-8)61-51(69)32(2)66(49(68)23-36(52(70)63(31)5)22-41-42(56)19-20-43(57)50(41)58)28-35-11-16-38(55)24-46(35)73-40-17-12-34(13-18-40)45-27-59-47(65(45)7)29-62(3)4/h9-20,24,27,31-32,36,39,44H,21-23,25-26,28-30H2,1-8H3,(H,60,67)(H,61,69)/t31-,32-,36+,39-,44-/m0/s1. The minimum Gasteiger partial charge on any atom is -0.457 e. The molecule has 0 unspecified atom stereocenters. The Morgan fingerprint density at radius 3 is 2.15 bits per heavy atom. The van der Waals surface area contributed by atoms with Crippen LogP contribution in [0.2, 0.25) is 10.0 Å². The van der Waals surface area contributed by atoms with Gasteiger partial charge in [-0.3, -0.25) is 24.0 Å². The Morgan fingerprint density at radius 2 is 1.48 bits per heavy atom. The smallest absolute Gasteiger partial charge is 0.247 e. The average molecular weight is 1050 g/mol. The molecular weight excluding hydrogens is 989 g/mol. The number of likely N-dealkylation sites (N-methyl/N-ethyl adjacent to an activating group) is 2. The summed E-state index contributed by atoms with van der Waals surface area (Å²) in [4.78, 5) is 82.6. The summed E-state index contributed by atoms with van der Waals surface area (Å²) in [6, 6.07) is 16.0. The van der Waals surface area contributed by atoms with Gasteiger partial charge in [-0.1, -0.05) is 41.4 Å². The number of rotatable bonds is 13. The van der Waals surface area contributed by atoms with Crippen molar-refractivity contribution in [2.24, 2.45) is 13.0 Å². The highest BCUT2D eigenvalue weighted by Crippen LogP contribution is 2.33. The first-order chi connectivity index (χ1) is 34.6. The highest BCUT2D eigenvalue weighted by molar-refractivity contribution is 6.31. The zero-order chi connectivity index (χ0) is 53.3. The van der Waals surface area contributed by atoms with Crippen molar-refractivity contribution in [2.75, 3.05) is 48.5 Å². The largest absolute Gasteiger partial charge is 0.457 e. The Hall–Kier alpha value is -6.47. The van der Waals surface area contributed by atoms with Crippen molar-refractivity contribution in [1.82, 2.24) is 39.8 Å². The SMILES string of the molecule is COC[C@@H]1NC(=O)[C@H](C)N(Cc2ccc(Cl)cc2Oc2ccc(-c3cnc(CN(C)C)n3C)cc2)C(=O)C[C@@H](Cc2c(F)ccc(F)c2F)C(=O)N(C)[C@@H](C)CNC(=O)C[C@H](Cc2ccc(Cl)cc2)N(C)C1=O. The van der Waals surface area contributed by atoms with Crippen molar-refractivity contribution in [3.8, 4) is 22.8 Å². The number of imidazole rings is 1. The van der Waals surface area contributed by atoms with Gasteiger partial charge in [-0.15, -0.1) is 0 Å². The molecule has 0 spiro atoms. The monoisotopic (exact) mass is 1050 g/mol. The summed E-state index contributed by atoms with van der Waals surface area (Å²) >= 11 is 12.7. The van der Waals surface area contributed by atoms with Gasteiger partial charge >= 0.3 is 0 Å². The number of ether oxygens (including phenoxy) is 2. The summed E-state index contributed by atoms with van der Waals surface area (Å²) in [5, 5.41) is 6.33. The van der Waals surface area contributed by atoms with Crippen LogP contribution in [-0.2, 0) is 61.7 Å². The normalized spacial score (nSPS) is 20.0. The third kappa shape index (κ3) is 14.2. The molecule has 1 saturated heterocycles. The molecular formula is C53H61Cl2F3N8O7. The lowest BCUT2D eigenvalue weighted by Gasteiger charge is -2.35. The van der Waals surface area contributed by atoms with E-state index in [4.69, 9.17) is 32.7 Å². The van der Waals surface area contributed by atoms with E-state index in [0.717, 1.165) is 33.6 Å². The molecule has 20 heteroatoms. The van der Waals surface area contributed by atoms with Crippen molar-refractivity contribution in [2.45, 2.75) is 76.8 Å². The van der Waals surface area contributed by atoms with Gasteiger partial charge in [0.25, 0.3) is 0 Å². The van der Waals surface area contributed by atoms with E-state index < -0.39 is 95.5 Å². The van der Waals surface area contributed by atoms with Gasteiger partial charge in [0.2, 0.25) is 29.5 Å². The Morgan fingerprint density at radius 1 is 0.808 bits per heavy atom. The van der Waals surface area contributed by atoms with Crippen molar-refractivity contribution >= 4 is 52.7 Å². The fourth-order valence-corrected chi connectivity index (χ4v) is 8.84. The number of nitrogens with one attached hydrogen (secondary N) is 2. The Balaban J connectivity index is 1.39. The number of amides is 5. The molecule has 5 amide bonds. The number of aromatic nitrogens is 2. The molecule has 1 aromatic heterocycles. The van der Waals surface area contributed by atoms with Crippen molar-refractivity contribution in [3.05, 3.63) is 135 Å². The highest BCUT2D eigenvalue weighted by atomic mass is 35.5. The van der Waals surface area contributed by atoms with Crippen LogP contribution in [0.1, 0.15) is 49.2 Å². The number of halogens is 5. The van der Waals surface area contributed by atoms with E-state index in [1.54, 1.807) is 61.7 Å². The molecule has 4 aromatic carbocycles. The second-order valence-corrected chi connectivity index (χ2v) is 19.5. The van der Waals surface area contributed by atoms with E-state index >= 15 is 13.6 Å². The maximum Gasteiger partial charge on any atom is 0.247 e. The first-order valence-electron chi connectivity index (χ1n) is 23.6. The molecule has 1 aliphatic heterocycles. The molecule has 6 rings (SSSR count). The Labute approximate surface area is 433 Å². The van der Waals surface area contributed by atoms with Crippen molar-refractivity contribution in [1.29, 1.82) is 0 Å². The van der Waals surface area contributed by atoms with Gasteiger partial charge in [0.05, 0.1) is 37.5 Å². The molecule has 5 atom stereocenters. The second kappa shape index (κ2) is 25.0. The molecule has 0 saturated carbocycles. The maximum absolute atomic E-state index is 15.4. The van der Waals surface area contributed by atoms with E-state index in [0.29, 0.717) is 28.9 Å². The van der Waals surface area contributed by atoms with Gasteiger partial charge in [0.15, 0.2) is 11.6 Å². The lowest BCUT2D eigenvalue weighted by atomic mass is 9.92. The number of carbonyl (C=O) groups is 5. The number of methoxy groups -OCH3 is 1. The van der Waals surface area contributed by atoms with E-state index in [1.807, 2.05) is 42.7 Å². The summed E-state index contributed by atoms with van der Waals surface area (Å²) in [5.41, 5.74) is 2.12. The molecule has 390 valence electrons. The van der Waals surface area contributed by atoms with Crippen LogP contribution >= 0.6 is 23.2 Å². The lowest BCUT2D eigenvalue weighted by molar-refractivity contribution is -0.147. The van der Waals surface area contributed by atoms with E-state index in [1.165, 1.54) is 44.0 Å². The molecule has 0 aliphatic carbocycles. The summed E-state index contributed by atoms with van der Waals surface area (Å²) in [6.07, 6.45) is 0.333. The average Bonchev–Trinajstić information content (AvgIpc) is 3.72. The van der Waals surface area contributed by atoms with Crippen LogP contribution in [0.3, 0.4) is 0 Å². The summed E-state index contributed by atoms with van der Waals surface area (Å²) in [5.74, 6) is -7.49. The third-order valence-corrected chi connectivity index (χ3v) is 13.6. The number of hydrogen-bond donors (Lipinski definition) is 2. The predicted octanol–water partition coefficient (Wildman–Crippen LogP) is 7.20. The van der Waals surface area contributed by atoms with Crippen LogP contribution in [0.4, 0.5) is 13.2 Å². The van der Waals surface area contributed by atoms with Crippen LogP contribution < -0.4 is 15.4 Å². The van der Waals surface area contributed by atoms with E-state index in [9.17, 15) is 23.6 Å². The first kappa shape index (κ1) is 55.8. The van der Waals surface area contributed by atoms with Crippen LogP contribution in [0.25, 0.3) is 11.3 Å². The molecule has 2 N–H and O–H groups in total. The molecule has 15 nitrogen and oxygen atoms in total. The van der Waals surface area contributed by atoms with Gasteiger partial charge < -0.3 is 44.3 Å². The number of benzene rings is 4. The summed E-state index contributed by atoms with van der Waals surface area (Å²) in [7, 11) is 10.1. The minimum absolute atomic E-state index is 0.0929. The number of carbonyl (C=O) groups excluding carboxylic acids is 5. The van der Waals surface area contributed by atoms with E-state index in [-0.39, 0.29) is 43.3 Å². The zero-order valence-electron chi connectivity index (χ0n) is 42.1. The second-order valence-electron chi connectivity index (χ2n) is 18.6. The highest BCUT2D eigenvalue weighted by Gasteiger charge is 2.37. The topological polar surface area (TPSA) is 159 Å². The van der Waals surface area contributed by atoms with Gasteiger partial charge in [-0.05, 0) is 107 Å². The fourth-order valence-electron chi connectivity index (χ4n) is 8.55. The van der Waals surface area contributed by atoms with Crippen LogP contribution in [0.5, 0.6) is 11.5 Å². The Kier molecular flexibility index (Phi) is 19.1. The predicted molar refractivity (Wildman–Crippen MR) is 271 cm³/mol. The number of hydrogen-bond acceptors (Lipinski definition) is 9. The lowest BCUT2D eigenvalue weighted by Crippen LogP contribution is -2.57. The van der Waals surface area contributed by atoms with Gasteiger partial charge in [0.1, 0.15) is 35.2 Å². The van der Waals surface area contributed by atoms with Crippen LogP contribution in [0.15, 0.2) is 85.1 Å². The molecule has 1 fully saturated rings. The molecule has 0 bridgehead atoms. The van der Waals surface area contributed by atoms with Gasteiger partial charge in [-0.2, -0.15) is 0 Å². The zero-order valence-corrected chi connectivity index (χ0v) is 43.6. The Bertz CT molecular complexity index is 2780. The van der Waals surface area contributed by atoms with Gasteiger partial charge in [0, 0.05) is 86.5 Å². The van der Waals surface area contributed by atoms with Crippen LogP contribution in [-0.4, -0.2) is 131 Å². The number of nitrogens with zero attached hydrogens (tertiary/aromatic N) is 6. The van der Waals surface area contributed by atoms with Gasteiger partial charge in [-0.25, -0.2) is 18.2 Å². The van der Waals surface area contributed by atoms with E-state index in [2.05, 4.69) is 15.6 Å².